The normalized spacial score (nSPS) is 17.8. The number of aromatic nitrogens is 1. The summed E-state index contributed by atoms with van der Waals surface area (Å²) in [5.41, 5.74) is 2.80. The van der Waals surface area contributed by atoms with Crippen LogP contribution >= 0.6 is 0 Å². The number of ether oxygens (including phenoxy) is 2. The van der Waals surface area contributed by atoms with Crippen LogP contribution in [0.3, 0.4) is 0 Å². The summed E-state index contributed by atoms with van der Waals surface area (Å²) in [4.78, 5) is 14.5. The second-order valence-electron chi connectivity index (χ2n) is 6.75. The quantitative estimate of drug-likeness (QED) is 0.822. The van der Waals surface area contributed by atoms with Gasteiger partial charge in [0, 0.05) is 19.2 Å². The lowest BCUT2D eigenvalue weighted by Crippen LogP contribution is -2.40. The predicted octanol–water partition coefficient (Wildman–Crippen LogP) is 3.05. The van der Waals surface area contributed by atoms with Crippen molar-refractivity contribution in [1.82, 2.24) is 10.1 Å². The molecule has 6 heteroatoms. The van der Waals surface area contributed by atoms with Gasteiger partial charge < -0.3 is 18.9 Å². The van der Waals surface area contributed by atoms with Crippen LogP contribution in [-0.2, 0) is 22.6 Å². The minimum atomic E-state index is 0.146. The molecule has 1 fully saturated rings. The van der Waals surface area contributed by atoms with E-state index in [0.29, 0.717) is 26.2 Å². The Morgan fingerprint density at radius 1 is 1.27 bits per heavy atom. The first-order chi connectivity index (χ1) is 12.5. The highest BCUT2D eigenvalue weighted by molar-refractivity contribution is 5.79. The molecule has 1 amide bonds. The smallest absolute Gasteiger partial charge is 0.227 e. The Kier molecular flexibility index (Phi) is 5.93. The molecule has 1 unspecified atom stereocenters. The fourth-order valence-corrected chi connectivity index (χ4v) is 3.11. The van der Waals surface area contributed by atoms with Crippen molar-refractivity contribution < 1.29 is 18.8 Å². The maximum Gasteiger partial charge on any atom is 0.227 e. The summed E-state index contributed by atoms with van der Waals surface area (Å²) in [6, 6.07) is 7.91. The molecule has 2 heterocycles. The van der Waals surface area contributed by atoms with Crippen LogP contribution in [0.15, 0.2) is 28.8 Å². The van der Waals surface area contributed by atoms with Gasteiger partial charge in [0.2, 0.25) is 5.91 Å². The van der Waals surface area contributed by atoms with Crippen molar-refractivity contribution in [3.63, 3.8) is 0 Å². The van der Waals surface area contributed by atoms with Gasteiger partial charge in [0.15, 0.2) is 0 Å². The lowest BCUT2D eigenvalue weighted by atomic mass is 10.1. The van der Waals surface area contributed by atoms with Gasteiger partial charge >= 0.3 is 0 Å². The number of nitrogens with zero attached hydrogens (tertiary/aromatic N) is 2. The largest absolute Gasteiger partial charge is 0.489 e. The zero-order chi connectivity index (χ0) is 18.5. The molecule has 2 aromatic rings. The first-order valence-electron chi connectivity index (χ1n) is 9.05. The highest BCUT2D eigenvalue weighted by Crippen LogP contribution is 2.19. The Labute approximate surface area is 154 Å². The topological polar surface area (TPSA) is 64.8 Å². The molecule has 0 N–H and O–H groups in total. The molecule has 1 atom stereocenters. The third kappa shape index (κ3) is 4.43. The fourth-order valence-electron chi connectivity index (χ4n) is 3.11. The molecule has 0 spiro atoms. The zero-order valence-electron chi connectivity index (χ0n) is 15.7. The molecular formula is C20H26N2O4. The predicted molar refractivity (Wildman–Crippen MR) is 97.1 cm³/mol. The second kappa shape index (κ2) is 8.36. The zero-order valence-corrected chi connectivity index (χ0v) is 15.7. The van der Waals surface area contributed by atoms with E-state index < -0.39 is 0 Å². The van der Waals surface area contributed by atoms with Crippen LogP contribution in [0.5, 0.6) is 5.75 Å². The average molecular weight is 358 g/mol. The van der Waals surface area contributed by atoms with E-state index in [1.54, 1.807) is 0 Å². The Bertz CT molecular complexity index is 719. The van der Waals surface area contributed by atoms with Gasteiger partial charge in [-0.1, -0.05) is 17.3 Å². The lowest BCUT2D eigenvalue weighted by Gasteiger charge is -2.26. The third-order valence-electron chi connectivity index (χ3n) is 4.85. The molecule has 1 aliphatic heterocycles. The maximum atomic E-state index is 12.6. The van der Waals surface area contributed by atoms with Gasteiger partial charge in [-0.3, -0.25) is 4.79 Å². The third-order valence-corrected chi connectivity index (χ3v) is 4.85. The molecule has 1 aliphatic rings. The van der Waals surface area contributed by atoms with E-state index in [-0.39, 0.29) is 11.9 Å². The van der Waals surface area contributed by atoms with Gasteiger partial charge in [0.25, 0.3) is 0 Å². The van der Waals surface area contributed by atoms with Gasteiger partial charge in [0.05, 0.1) is 24.3 Å². The number of amides is 1. The highest BCUT2D eigenvalue weighted by Gasteiger charge is 2.22. The monoisotopic (exact) mass is 358 g/mol. The number of aryl methyl sites for hydroxylation is 2. The van der Waals surface area contributed by atoms with Gasteiger partial charge in [0.1, 0.15) is 18.1 Å². The molecular weight excluding hydrogens is 332 g/mol. The number of hydrogen-bond donors (Lipinski definition) is 0. The minimum Gasteiger partial charge on any atom is -0.489 e. The number of rotatable bonds is 5. The van der Waals surface area contributed by atoms with E-state index >= 15 is 0 Å². The van der Waals surface area contributed by atoms with Crippen LogP contribution in [-0.4, -0.2) is 41.8 Å². The van der Waals surface area contributed by atoms with Crippen molar-refractivity contribution in [3.05, 3.63) is 46.8 Å². The molecule has 0 saturated carbocycles. The molecule has 26 heavy (non-hydrogen) atoms. The molecule has 1 aromatic heterocycles. The second-order valence-corrected chi connectivity index (χ2v) is 6.75. The Morgan fingerprint density at radius 2 is 2.04 bits per heavy atom. The van der Waals surface area contributed by atoms with Crippen LogP contribution in [0.25, 0.3) is 0 Å². The minimum absolute atomic E-state index is 0.146. The first kappa shape index (κ1) is 18.5. The van der Waals surface area contributed by atoms with Crippen LogP contribution in [0.2, 0.25) is 0 Å². The molecule has 1 saturated heterocycles. The summed E-state index contributed by atoms with van der Waals surface area (Å²) in [5.74, 6) is 1.69. The Hall–Kier alpha value is -2.34. The average Bonchev–Trinajstić information content (AvgIpc) is 2.82. The molecule has 140 valence electrons. The first-order valence-corrected chi connectivity index (χ1v) is 9.05. The van der Waals surface area contributed by atoms with Crippen molar-refractivity contribution in [1.29, 1.82) is 0 Å². The summed E-state index contributed by atoms with van der Waals surface area (Å²) in [6.45, 7) is 8.29. The number of hydrogen-bond acceptors (Lipinski definition) is 5. The lowest BCUT2D eigenvalue weighted by molar-refractivity contribution is -0.132. The molecule has 6 nitrogen and oxygen atoms in total. The number of carbonyl (C=O) groups excluding carboxylic acids is 1. The molecule has 1 aromatic carbocycles. The standard InChI is InChI=1S/C20H26N2O4/c1-14-8-10-24-11-9-22(14)20(23)12-17-4-6-18(7-5-17)25-13-19-15(2)21-26-16(19)3/h4-7,14H,8-13H2,1-3H3. The summed E-state index contributed by atoms with van der Waals surface area (Å²) in [7, 11) is 0. The summed E-state index contributed by atoms with van der Waals surface area (Å²) < 4.78 is 16.4. The molecule has 3 rings (SSSR count). The van der Waals surface area contributed by atoms with E-state index in [1.807, 2.05) is 43.0 Å². The van der Waals surface area contributed by atoms with E-state index in [0.717, 1.165) is 41.4 Å². The van der Waals surface area contributed by atoms with E-state index in [1.165, 1.54) is 0 Å². The SMILES string of the molecule is Cc1noc(C)c1COc1ccc(CC(=O)N2CCOCCC2C)cc1. The van der Waals surface area contributed by atoms with Gasteiger partial charge in [-0.2, -0.15) is 0 Å². The van der Waals surface area contributed by atoms with Crippen molar-refractivity contribution in [2.45, 2.75) is 46.3 Å². The van der Waals surface area contributed by atoms with Crippen LogP contribution < -0.4 is 4.74 Å². The van der Waals surface area contributed by atoms with Crippen LogP contribution in [0.4, 0.5) is 0 Å². The van der Waals surface area contributed by atoms with Crippen molar-refractivity contribution in [3.8, 4) is 5.75 Å². The molecule has 0 radical (unpaired) electrons. The van der Waals surface area contributed by atoms with E-state index in [4.69, 9.17) is 14.0 Å². The van der Waals surface area contributed by atoms with E-state index in [2.05, 4.69) is 12.1 Å². The van der Waals surface area contributed by atoms with Crippen LogP contribution in [0.1, 0.15) is 35.9 Å². The van der Waals surface area contributed by atoms with Crippen molar-refractivity contribution in [2.75, 3.05) is 19.8 Å². The summed E-state index contributed by atoms with van der Waals surface area (Å²) in [6.07, 6.45) is 1.29. The van der Waals surface area contributed by atoms with E-state index in [9.17, 15) is 4.79 Å². The van der Waals surface area contributed by atoms with Crippen molar-refractivity contribution >= 4 is 5.91 Å². The van der Waals surface area contributed by atoms with Crippen molar-refractivity contribution in [2.24, 2.45) is 0 Å². The highest BCUT2D eigenvalue weighted by atomic mass is 16.5. The van der Waals surface area contributed by atoms with Gasteiger partial charge in [-0.05, 0) is 44.9 Å². The Balaban J connectivity index is 1.56. The fraction of sp³-hybridized carbons (Fsp3) is 0.500. The van der Waals surface area contributed by atoms with Gasteiger partial charge in [-0.25, -0.2) is 0 Å². The maximum absolute atomic E-state index is 12.6. The van der Waals surface area contributed by atoms with Gasteiger partial charge in [-0.15, -0.1) is 0 Å². The Morgan fingerprint density at radius 3 is 2.73 bits per heavy atom. The summed E-state index contributed by atoms with van der Waals surface area (Å²) >= 11 is 0. The molecule has 0 bridgehead atoms. The summed E-state index contributed by atoms with van der Waals surface area (Å²) in [5, 5.41) is 3.93. The number of carbonyl (C=O) groups is 1. The number of benzene rings is 1. The molecule has 0 aliphatic carbocycles. The van der Waals surface area contributed by atoms with Crippen LogP contribution in [0, 0.1) is 13.8 Å².